The van der Waals surface area contributed by atoms with Crippen LogP contribution in [0.2, 0.25) is 0 Å². The van der Waals surface area contributed by atoms with Crippen molar-refractivity contribution in [3.05, 3.63) is 70.8 Å². The Kier molecular flexibility index (Phi) is 14.9. The molecular formula is C34H44N4O8S2. The van der Waals surface area contributed by atoms with Crippen molar-refractivity contribution in [3.8, 4) is 0 Å². The lowest BCUT2D eigenvalue weighted by atomic mass is 10.1. The fraction of sp³-hybridized carbons (Fsp3) is 0.412. The third-order valence-corrected chi connectivity index (χ3v) is 9.76. The van der Waals surface area contributed by atoms with Gasteiger partial charge in [0.1, 0.15) is 0 Å². The van der Waals surface area contributed by atoms with Crippen LogP contribution in [0, 0.1) is 0 Å². The lowest BCUT2D eigenvalue weighted by Gasteiger charge is -2.23. The van der Waals surface area contributed by atoms with Gasteiger partial charge in [0, 0.05) is 95.2 Å². The largest absolute Gasteiger partial charge is 0.478 e. The van der Waals surface area contributed by atoms with Crippen LogP contribution in [0.3, 0.4) is 0 Å². The molecule has 2 atom stereocenters. The Balaban J connectivity index is 0.000000184. The molecule has 14 heteroatoms. The average Bonchev–Trinajstić information content (AvgIpc) is 3.81. The number of anilines is 2. The maximum absolute atomic E-state index is 9.55. The predicted octanol–water partition coefficient (Wildman–Crippen LogP) is 3.51. The molecule has 0 aliphatic carbocycles. The first-order valence-electron chi connectivity index (χ1n) is 15.6. The minimum atomic E-state index is -1.26. The summed E-state index contributed by atoms with van der Waals surface area (Å²) in [5.74, 6) is -2.53. The van der Waals surface area contributed by atoms with Gasteiger partial charge in [0.2, 0.25) is 0 Å². The highest BCUT2D eigenvalue weighted by molar-refractivity contribution is 7.99. The Bertz CT molecular complexity index is 1400. The standard InChI is InChI=1S/2C13H18N2S.2C4H4O4/c2*1-9(14)8-15-6-4-10-2-3-12-11(13(10)15)5-7-16-12;2*5-3(6)1-2-4(7)8/h2*2-3,9H,4-8,14H2,1H3;2*1-2H,(H,5,6)(H,7,8)/b;;2*2-1+/t2*9-;;/m00../s1. The molecule has 4 aliphatic heterocycles. The van der Waals surface area contributed by atoms with E-state index in [1.54, 1.807) is 11.1 Å². The van der Waals surface area contributed by atoms with E-state index in [0.717, 1.165) is 26.2 Å². The van der Waals surface area contributed by atoms with E-state index in [4.69, 9.17) is 31.9 Å². The predicted molar refractivity (Wildman–Crippen MR) is 190 cm³/mol. The molecule has 2 aromatic rings. The summed E-state index contributed by atoms with van der Waals surface area (Å²) in [6, 6.07) is 9.76. The van der Waals surface area contributed by atoms with Crippen molar-refractivity contribution in [2.75, 3.05) is 47.5 Å². The third kappa shape index (κ3) is 11.6. The lowest BCUT2D eigenvalue weighted by Crippen LogP contribution is -2.34. The highest BCUT2D eigenvalue weighted by Crippen LogP contribution is 2.43. The van der Waals surface area contributed by atoms with Gasteiger partial charge in [-0.05, 0) is 73.9 Å². The van der Waals surface area contributed by atoms with E-state index in [1.165, 1.54) is 69.5 Å². The molecule has 2 aromatic carbocycles. The second-order valence-corrected chi connectivity index (χ2v) is 13.9. The summed E-state index contributed by atoms with van der Waals surface area (Å²) in [4.78, 5) is 46.2. The van der Waals surface area contributed by atoms with Crippen LogP contribution in [0.15, 0.2) is 58.4 Å². The molecule has 0 aromatic heterocycles. The van der Waals surface area contributed by atoms with Crippen LogP contribution >= 0.6 is 23.5 Å². The van der Waals surface area contributed by atoms with Crippen molar-refractivity contribution in [2.45, 2.75) is 61.4 Å². The SMILES string of the molecule is C[C@H](N)CN1CCc2ccc3c(c21)CCS3.C[C@H](N)CN1CCc2ccc3c(c21)CCS3.O=C(O)/C=C/C(=O)O.O=C(O)/C=C/C(=O)O. The van der Waals surface area contributed by atoms with Crippen LogP contribution < -0.4 is 21.3 Å². The Labute approximate surface area is 288 Å². The number of carboxylic acid groups (broad SMARTS) is 4. The van der Waals surface area contributed by atoms with E-state index in [2.05, 4.69) is 47.9 Å². The van der Waals surface area contributed by atoms with Crippen molar-refractivity contribution in [2.24, 2.45) is 11.5 Å². The molecule has 4 heterocycles. The third-order valence-electron chi connectivity index (χ3n) is 7.55. The van der Waals surface area contributed by atoms with Gasteiger partial charge in [-0.3, -0.25) is 0 Å². The molecule has 6 rings (SSSR count). The average molecular weight is 701 g/mol. The van der Waals surface area contributed by atoms with Gasteiger partial charge >= 0.3 is 23.9 Å². The Morgan fingerprint density at radius 3 is 1.27 bits per heavy atom. The van der Waals surface area contributed by atoms with E-state index in [9.17, 15) is 19.2 Å². The van der Waals surface area contributed by atoms with E-state index < -0.39 is 23.9 Å². The van der Waals surface area contributed by atoms with E-state index in [0.29, 0.717) is 24.3 Å². The first-order valence-corrected chi connectivity index (χ1v) is 17.6. The summed E-state index contributed by atoms with van der Waals surface area (Å²) in [6.45, 7) is 8.48. The maximum atomic E-state index is 9.55. The molecular weight excluding hydrogens is 657 g/mol. The van der Waals surface area contributed by atoms with Gasteiger partial charge in [-0.1, -0.05) is 12.1 Å². The minimum absolute atomic E-state index is 0.260. The molecule has 0 saturated heterocycles. The molecule has 0 bridgehead atoms. The quantitative estimate of drug-likeness (QED) is 0.218. The summed E-state index contributed by atoms with van der Waals surface area (Å²) in [5, 5.41) is 31.2. The zero-order valence-corrected chi connectivity index (χ0v) is 28.8. The summed E-state index contributed by atoms with van der Waals surface area (Å²) in [7, 11) is 0. The molecule has 48 heavy (non-hydrogen) atoms. The number of hydrogen-bond donors (Lipinski definition) is 6. The first kappa shape index (κ1) is 38.5. The summed E-state index contributed by atoms with van der Waals surface area (Å²) in [6.07, 6.45) is 7.09. The van der Waals surface area contributed by atoms with Crippen molar-refractivity contribution >= 4 is 58.8 Å². The Morgan fingerprint density at radius 2 is 0.979 bits per heavy atom. The van der Waals surface area contributed by atoms with Gasteiger partial charge in [0.05, 0.1) is 0 Å². The molecule has 260 valence electrons. The number of rotatable bonds is 8. The Hall–Kier alpha value is -3.98. The van der Waals surface area contributed by atoms with Crippen molar-refractivity contribution in [3.63, 3.8) is 0 Å². The lowest BCUT2D eigenvalue weighted by molar-refractivity contribution is -0.134. The number of benzene rings is 2. The fourth-order valence-corrected chi connectivity index (χ4v) is 8.01. The maximum Gasteiger partial charge on any atom is 0.328 e. The number of nitrogens with zero attached hydrogens (tertiary/aromatic N) is 2. The van der Waals surface area contributed by atoms with E-state index in [1.807, 2.05) is 23.5 Å². The molecule has 0 unspecified atom stereocenters. The van der Waals surface area contributed by atoms with Gasteiger partial charge in [-0.25, -0.2) is 19.2 Å². The van der Waals surface area contributed by atoms with Crippen molar-refractivity contribution in [1.29, 1.82) is 0 Å². The van der Waals surface area contributed by atoms with E-state index >= 15 is 0 Å². The smallest absolute Gasteiger partial charge is 0.328 e. The van der Waals surface area contributed by atoms with E-state index in [-0.39, 0.29) is 12.1 Å². The van der Waals surface area contributed by atoms with Crippen molar-refractivity contribution in [1.82, 2.24) is 0 Å². The number of nitrogens with two attached hydrogens (primary N) is 2. The van der Waals surface area contributed by atoms with Crippen LogP contribution in [-0.4, -0.2) is 94.1 Å². The molecule has 0 amide bonds. The number of carbonyl (C=O) groups is 4. The van der Waals surface area contributed by atoms with Gasteiger partial charge in [0.25, 0.3) is 0 Å². The summed E-state index contributed by atoms with van der Waals surface area (Å²) >= 11 is 3.99. The molecule has 4 aliphatic rings. The van der Waals surface area contributed by atoms with Crippen LogP contribution in [0.25, 0.3) is 0 Å². The highest BCUT2D eigenvalue weighted by atomic mass is 32.2. The zero-order valence-electron chi connectivity index (χ0n) is 27.1. The number of hydrogen-bond acceptors (Lipinski definition) is 10. The second-order valence-electron chi connectivity index (χ2n) is 11.7. The van der Waals surface area contributed by atoms with Crippen LogP contribution in [0.4, 0.5) is 11.4 Å². The first-order chi connectivity index (χ1) is 22.8. The number of thioether (sulfide) groups is 2. The summed E-state index contributed by atoms with van der Waals surface area (Å²) < 4.78 is 0. The van der Waals surface area contributed by atoms with Crippen LogP contribution in [0.5, 0.6) is 0 Å². The molecule has 8 N–H and O–H groups in total. The number of aliphatic carboxylic acids is 4. The fourth-order valence-electron chi connectivity index (χ4n) is 5.88. The van der Waals surface area contributed by atoms with Crippen LogP contribution in [-0.2, 0) is 44.9 Å². The second kappa shape index (κ2) is 18.5. The molecule has 0 radical (unpaired) electrons. The van der Waals surface area contributed by atoms with Gasteiger partial charge < -0.3 is 41.7 Å². The van der Waals surface area contributed by atoms with Crippen LogP contribution in [0.1, 0.15) is 36.1 Å². The van der Waals surface area contributed by atoms with Crippen molar-refractivity contribution < 1.29 is 39.6 Å². The normalized spacial score (nSPS) is 16.3. The molecule has 12 nitrogen and oxygen atoms in total. The number of carboxylic acids is 4. The highest BCUT2D eigenvalue weighted by Gasteiger charge is 2.28. The monoisotopic (exact) mass is 700 g/mol. The Morgan fingerprint density at radius 1 is 0.646 bits per heavy atom. The molecule has 0 fully saturated rings. The van der Waals surface area contributed by atoms with Gasteiger partial charge in [-0.15, -0.1) is 23.5 Å². The molecule has 0 spiro atoms. The minimum Gasteiger partial charge on any atom is -0.478 e. The van der Waals surface area contributed by atoms with Gasteiger partial charge in [-0.2, -0.15) is 0 Å². The zero-order chi connectivity index (χ0) is 35.4. The van der Waals surface area contributed by atoms with Gasteiger partial charge in [0.15, 0.2) is 0 Å². The molecule has 0 saturated carbocycles. The summed E-state index contributed by atoms with van der Waals surface area (Å²) in [5.41, 5.74) is 21.1. The topological polar surface area (TPSA) is 208 Å². The number of fused-ring (bicyclic) bond motifs is 6.